The molecular formula is C15H23ClN2O2S. The first kappa shape index (κ1) is 16.7. The van der Waals surface area contributed by atoms with E-state index in [2.05, 4.69) is 6.92 Å². The van der Waals surface area contributed by atoms with E-state index >= 15 is 0 Å². The van der Waals surface area contributed by atoms with E-state index in [1.54, 1.807) is 16.4 Å². The van der Waals surface area contributed by atoms with Crippen LogP contribution in [0.1, 0.15) is 44.6 Å². The predicted octanol–water partition coefficient (Wildman–Crippen LogP) is 3.14. The Kier molecular flexibility index (Phi) is 5.66. The standard InChI is InChI=1S/C15H23ClN2O2S/c1-2-5-13-6-3-4-9-18(13)21(19,20)14-8-7-12(11-17)15(16)10-14/h7-8,10,13H,2-6,9,11,17H2,1H3. The Balaban J connectivity index is 2.33. The Morgan fingerprint density at radius 2 is 2.14 bits per heavy atom. The molecule has 1 atom stereocenters. The zero-order valence-corrected chi connectivity index (χ0v) is 14.0. The molecule has 1 saturated heterocycles. The number of piperidine rings is 1. The summed E-state index contributed by atoms with van der Waals surface area (Å²) in [6, 6.07) is 4.95. The van der Waals surface area contributed by atoms with Crippen LogP contribution in [0.4, 0.5) is 0 Å². The molecule has 1 aromatic carbocycles. The largest absolute Gasteiger partial charge is 0.326 e. The smallest absolute Gasteiger partial charge is 0.243 e. The quantitative estimate of drug-likeness (QED) is 0.902. The fraction of sp³-hybridized carbons (Fsp3) is 0.600. The lowest BCUT2D eigenvalue weighted by Crippen LogP contribution is -2.43. The molecule has 4 nitrogen and oxygen atoms in total. The van der Waals surface area contributed by atoms with Crippen LogP contribution in [0.3, 0.4) is 0 Å². The summed E-state index contributed by atoms with van der Waals surface area (Å²) < 4.78 is 27.4. The van der Waals surface area contributed by atoms with Crippen LogP contribution in [0, 0.1) is 0 Å². The van der Waals surface area contributed by atoms with Crippen molar-refractivity contribution in [3.8, 4) is 0 Å². The van der Waals surface area contributed by atoms with E-state index in [-0.39, 0.29) is 10.9 Å². The van der Waals surface area contributed by atoms with E-state index in [1.165, 1.54) is 6.07 Å². The average molecular weight is 331 g/mol. The molecule has 1 unspecified atom stereocenters. The number of benzene rings is 1. The van der Waals surface area contributed by atoms with Crippen molar-refractivity contribution in [3.05, 3.63) is 28.8 Å². The maximum atomic E-state index is 12.9. The van der Waals surface area contributed by atoms with Gasteiger partial charge in [-0.3, -0.25) is 0 Å². The number of nitrogens with two attached hydrogens (primary N) is 1. The van der Waals surface area contributed by atoms with Gasteiger partial charge in [-0.1, -0.05) is 37.4 Å². The van der Waals surface area contributed by atoms with Gasteiger partial charge < -0.3 is 5.73 Å². The fourth-order valence-electron chi connectivity index (χ4n) is 2.90. The van der Waals surface area contributed by atoms with Crippen LogP contribution in [0.15, 0.2) is 23.1 Å². The molecule has 21 heavy (non-hydrogen) atoms. The third-order valence-electron chi connectivity index (χ3n) is 4.05. The molecule has 1 heterocycles. The van der Waals surface area contributed by atoms with E-state index in [1.807, 2.05) is 0 Å². The van der Waals surface area contributed by atoms with Crippen LogP contribution in [0.5, 0.6) is 0 Å². The number of hydrogen-bond acceptors (Lipinski definition) is 3. The van der Waals surface area contributed by atoms with Gasteiger partial charge in [0.15, 0.2) is 0 Å². The van der Waals surface area contributed by atoms with E-state index in [9.17, 15) is 8.42 Å². The molecule has 6 heteroatoms. The number of rotatable bonds is 5. The van der Waals surface area contributed by atoms with E-state index in [0.717, 1.165) is 37.7 Å². The summed E-state index contributed by atoms with van der Waals surface area (Å²) in [5, 5.41) is 0.419. The van der Waals surface area contributed by atoms with E-state index in [4.69, 9.17) is 17.3 Å². The van der Waals surface area contributed by atoms with Gasteiger partial charge in [-0.15, -0.1) is 0 Å². The molecule has 0 saturated carbocycles. The number of nitrogens with zero attached hydrogens (tertiary/aromatic N) is 1. The lowest BCUT2D eigenvalue weighted by atomic mass is 10.0. The number of halogens is 1. The second-order valence-corrected chi connectivity index (χ2v) is 7.81. The maximum absolute atomic E-state index is 12.9. The monoisotopic (exact) mass is 330 g/mol. The first-order valence-electron chi connectivity index (χ1n) is 7.51. The molecule has 0 aromatic heterocycles. The lowest BCUT2D eigenvalue weighted by molar-refractivity contribution is 0.239. The van der Waals surface area contributed by atoms with Gasteiger partial charge in [0.1, 0.15) is 0 Å². The first-order valence-corrected chi connectivity index (χ1v) is 9.32. The molecule has 0 amide bonds. The highest BCUT2D eigenvalue weighted by molar-refractivity contribution is 7.89. The molecular weight excluding hydrogens is 308 g/mol. The lowest BCUT2D eigenvalue weighted by Gasteiger charge is -2.34. The molecule has 1 aromatic rings. The predicted molar refractivity (Wildman–Crippen MR) is 85.8 cm³/mol. The third-order valence-corrected chi connectivity index (χ3v) is 6.35. The maximum Gasteiger partial charge on any atom is 0.243 e. The summed E-state index contributed by atoms with van der Waals surface area (Å²) in [7, 11) is -3.47. The molecule has 2 N–H and O–H groups in total. The van der Waals surface area contributed by atoms with Crippen molar-refractivity contribution in [1.82, 2.24) is 4.31 Å². The van der Waals surface area contributed by atoms with Crippen molar-refractivity contribution in [2.45, 2.75) is 56.5 Å². The van der Waals surface area contributed by atoms with Crippen molar-refractivity contribution >= 4 is 21.6 Å². The summed E-state index contributed by atoms with van der Waals surface area (Å²) in [6.45, 7) is 3.00. The van der Waals surface area contributed by atoms with Crippen molar-refractivity contribution in [1.29, 1.82) is 0 Å². The molecule has 1 aliphatic rings. The van der Waals surface area contributed by atoms with Gasteiger partial charge in [0.2, 0.25) is 10.0 Å². The minimum Gasteiger partial charge on any atom is -0.326 e. The van der Waals surface area contributed by atoms with Gasteiger partial charge in [0, 0.05) is 24.2 Å². The van der Waals surface area contributed by atoms with Gasteiger partial charge >= 0.3 is 0 Å². The SMILES string of the molecule is CCCC1CCCCN1S(=O)(=O)c1ccc(CN)c(Cl)c1. The Morgan fingerprint density at radius 3 is 2.76 bits per heavy atom. The van der Waals surface area contributed by atoms with Crippen LogP contribution < -0.4 is 5.73 Å². The van der Waals surface area contributed by atoms with Crippen LogP contribution in [0.25, 0.3) is 0 Å². The summed E-state index contributed by atoms with van der Waals surface area (Å²) in [5.41, 5.74) is 6.33. The van der Waals surface area contributed by atoms with Crippen LogP contribution in [-0.4, -0.2) is 25.3 Å². The second kappa shape index (κ2) is 7.09. The van der Waals surface area contributed by atoms with Gasteiger partial charge in [-0.05, 0) is 37.0 Å². The van der Waals surface area contributed by atoms with Crippen LogP contribution >= 0.6 is 11.6 Å². The van der Waals surface area contributed by atoms with Gasteiger partial charge in [-0.25, -0.2) is 8.42 Å². The summed E-state index contributed by atoms with van der Waals surface area (Å²) in [5.74, 6) is 0. The van der Waals surface area contributed by atoms with Crippen molar-refractivity contribution in [2.24, 2.45) is 5.73 Å². The van der Waals surface area contributed by atoms with Crippen molar-refractivity contribution in [2.75, 3.05) is 6.54 Å². The molecule has 0 spiro atoms. The third kappa shape index (κ3) is 3.59. The Hall–Kier alpha value is -0.620. The second-order valence-electron chi connectivity index (χ2n) is 5.51. The van der Waals surface area contributed by atoms with Crippen molar-refractivity contribution in [3.63, 3.8) is 0 Å². The molecule has 1 aliphatic heterocycles. The van der Waals surface area contributed by atoms with Gasteiger partial charge in [-0.2, -0.15) is 4.31 Å². The molecule has 0 aliphatic carbocycles. The van der Waals surface area contributed by atoms with Crippen LogP contribution in [0.2, 0.25) is 5.02 Å². The van der Waals surface area contributed by atoms with Crippen molar-refractivity contribution < 1.29 is 8.42 Å². The Bertz CT molecular complexity index is 587. The number of hydrogen-bond donors (Lipinski definition) is 1. The number of sulfonamides is 1. The summed E-state index contributed by atoms with van der Waals surface area (Å²) in [6.07, 6.45) is 4.87. The first-order chi connectivity index (χ1) is 10.0. The zero-order chi connectivity index (χ0) is 15.5. The highest BCUT2D eigenvalue weighted by Gasteiger charge is 2.33. The minimum absolute atomic E-state index is 0.113. The van der Waals surface area contributed by atoms with E-state index in [0.29, 0.717) is 18.1 Å². The average Bonchev–Trinajstić information content (AvgIpc) is 2.48. The normalized spacial score (nSPS) is 20.6. The fourth-order valence-corrected chi connectivity index (χ4v) is 4.97. The highest BCUT2D eigenvalue weighted by Crippen LogP contribution is 2.29. The highest BCUT2D eigenvalue weighted by atomic mass is 35.5. The van der Waals surface area contributed by atoms with Gasteiger partial charge in [0.25, 0.3) is 0 Å². The molecule has 2 rings (SSSR count). The molecule has 0 bridgehead atoms. The van der Waals surface area contributed by atoms with Crippen LogP contribution in [-0.2, 0) is 16.6 Å². The summed E-state index contributed by atoms with van der Waals surface area (Å²) >= 11 is 6.11. The Morgan fingerprint density at radius 1 is 1.38 bits per heavy atom. The molecule has 0 radical (unpaired) electrons. The van der Waals surface area contributed by atoms with E-state index < -0.39 is 10.0 Å². The summed E-state index contributed by atoms with van der Waals surface area (Å²) in [4.78, 5) is 0.271. The Labute approximate surface area is 132 Å². The molecule has 1 fully saturated rings. The minimum atomic E-state index is -3.47. The van der Waals surface area contributed by atoms with Gasteiger partial charge in [0.05, 0.1) is 4.90 Å². The zero-order valence-electron chi connectivity index (χ0n) is 12.4. The topological polar surface area (TPSA) is 63.4 Å². The molecule has 118 valence electrons.